The summed E-state index contributed by atoms with van der Waals surface area (Å²) >= 11 is 5.83. The minimum Gasteiger partial charge on any atom is -0.383 e. The number of hydrogen-bond acceptors (Lipinski definition) is 1. The van der Waals surface area contributed by atoms with Gasteiger partial charge in [0.2, 0.25) is 0 Å². The van der Waals surface area contributed by atoms with E-state index in [0.717, 1.165) is 0 Å². The maximum Gasteiger partial charge on any atom is 0.130 e. The minimum absolute atomic E-state index is 0.000717. The number of hydrogen-bond donors (Lipinski definition) is 1. The van der Waals surface area contributed by atoms with Gasteiger partial charge in [-0.15, -0.1) is 0 Å². The predicted octanol–water partition coefficient (Wildman–Crippen LogP) is 3.70. The highest BCUT2D eigenvalue weighted by molar-refractivity contribution is 6.31. The van der Waals surface area contributed by atoms with E-state index < -0.39 is 17.7 Å². The average molecular weight is 255 g/mol. The molecule has 0 saturated heterocycles. The molecule has 1 N–H and O–H groups in total. The molecule has 0 aliphatic heterocycles. The molecule has 0 spiro atoms. The van der Waals surface area contributed by atoms with E-state index in [1.807, 2.05) is 0 Å². The molecule has 0 aliphatic rings. The Balaban J connectivity index is 2.43. The molecule has 2 aromatic carbocycles. The quantitative estimate of drug-likeness (QED) is 0.866. The lowest BCUT2D eigenvalue weighted by Crippen LogP contribution is -2.03. The van der Waals surface area contributed by atoms with Crippen molar-refractivity contribution in [2.24, 2.45) is 0 Å². The van der Waals surface area contributed by atoms with Crippen molar-refractivity contribution >= 4 is 11.6 Å². The summed E-state index contributed by atoms with van der Waals surface area (Å²) in [6.45, 7) is 0. The topological polar surface area (TPSA) is 20.2 Å². The SMILES string of the molecule is OC(c1ccc(F)cc1)c1c(F)cccc1Cl. The first-order valence-corrected chi connectivity index (χ1v) is 5.35. The van der Waals surface area contributed by atoms with Crippen LogP contribution in [0.3, 0.4) is 0 Å². The van der Waals surface area contributed by atoms with Crippen molar-refractivity contribution in [3.63, 3.8) is 0 Å². The third-order valence-corrected chi connectivity index (χ3v) is 2.79. The normalized spacial score (nSPS) is 12.5. The van der Waals surface area contributed by atoms with E-state index in [-0.39, 0.29) is 10.6 Å². The highest BCUT2D eigenvalue weighted by atomic mass is 35.5. The third-order valence-electron chi connectivity index (χ3n) is 2.46. The fraction of sp³-hybridized carbons (Fsp3) is 0.0769. The summed E-state index contributed by atoms with van der Waals surface area (Å²) in [4.78, 5) is 0. The van der Waals surface area contributed by atoms with Gasteiger partial charge in [0.15, 0.2) is 0 Å². The maximum absolute atomic E-state index is 13.5. The van der Waals surface area contributed by atoms with Crippen LogP contribution in [0.15, 0.2) is 42.5 Å². The van der Waals surface area contributed by atoms with E-state index in [1.54, 1.807) is 0 Å². The van der Waals surface area contributed by atoms with Crippen molar-refractivity contribution in [1.82, 2.24) is 0 Å². The van der Waals surface area contributed by atoms with Gasteiger partial charge in [0.05, 0.1) is 0 Å². The van der Waals surface area contributed by atoms with Gasteiger partial charge in [-0.05, 0) is 29.8 Å². The second-order valence-corrected chi connectivity index (χ2v) is 4.00. The zero-order valence-corrected chi connectivity index (χ0v) is 9.46. The molecule has 0 saturated carbocycles. The van der Waals surface area contributed by atoms with Gasteiger partial charge in [-0.1, -0.05) is 29.8 Å². The lowest BCUT2D eigenvalue weighted by Gasteiger charge is -2.13. The molecule has 0 heterocycles. The molecular formula is C13H9ClF2O. The molecule has 1 atom stereocenters. The van der Waals surface area contributed by atoms with Gasteiger partial charge >= 0.3 is 0 Å². The van der Waals surface area contributed by atoms with Crippen molar-refractivity contribution in [2.45, 2.75) is 6.10 Å². The molecule has 4 heteroatoms. The Kier molecular flexibility index (Phi) is 3.41. The molecule has 0 radical (unpaired) electrons. The van der Waals surface area contributed by atoms with Crippen LogP contribution in [-0.2, 0) is 0 Å². The second kappa shape index (κ2) is 4.82. The largest absolute Gasteiger partial charge is 0.383 e. The molecule has 0 fully saturated rings. The third kappa shape index (κ3) is 2.46. The molecule has 2 aromatic rings. The Morgan fingerprint density at radius 3 is 2.24 bits per heavy atom. The highest BCUT2D eigenvalue weighted by Gasteiger charge is 2.18. The maximum atomic E-state index is 13.5. The summed E-state index contributed by atoms with van der Waals surface area (Å²) in [7, 11) is 0. The second-order valence-electron chi connectivity index (χ2n) is 3.59. The number of rotatable bonds is 2. The average Bonchev–Trinajstić information content (AvgIpc) is 2.29. The van der Waals surface area contributed by atoms with Gasteiger partial charge in [-0.25, -0.2) is 8.78 Å². The van der Waals surface area contributed by atoms with Crippen LogP contribution in [0.25, 0.3) is 0 Å². The molecule has 0 aliphatic carbocycles. The molecule has 17 heavy (non-hydrogen) atoms. The first-order valence-electron chi connectivity index (χ1n) is 4.97. The first-order chi connectivity index (χ1) is 8.09. The van der Waals surface area contributed by atoms with Crippen LogP contribution >= 0.6 is 11.6 Å². The summed E-state index contributed by atoms with van der Waals surface area (Å²) in [6.07, 6.45) is -1.20. The molecule has 1 nitrogen and oxygen atoms in total. The van der Waals surface area contributed by atoms with Crippen LogP contribution in [0.2, 0.25) is 5.02 Å². The zero-order chi connectivity index (χ0) is 12.4. The molecular weight excluding hydrogens is 246 g/mol. The molecule has 0 bridgehead atoms. The van der Waals surface area contributed by atoms with E-state index in [2.05, 4.69) is 0 Å². The Morgan fingerprint density at radius 2 is 1.65 bits per heavy atom. The van der Waals surface area contributed by atoms with Crippen LogP contribution in [0.4, 0.5) is 8.78 Å². The van der Waals surface area contributed by atoms with Crippen LogP contribution in [0.1, 0.15) is 17.2 Å². The van der Waals surface area contributed by atoms with Crippen molar-refractivity contribution in [3.8, 4) is 0 Å². The van der Waals surface area contributed by atoms with Gasteiger partial charge in [-0.3, -0.25) is 0 Å². The highest BCUT2D eigenvalue weighted by Crippen LogP contribution is 2.30. The van der Waals surface area contributed by atoms with Crippen LogP contribution in [0.5, 0.6) is 0 Å². The molecule has 0 amide bonds. The smallest absolute Gasteiger partial charge is 0.130 e. The Morgan fingerprint density at radius 1 is 1.00 bits per heavy atom. The number of aliphatic hydroxyl groups excluding tert-OH is 1. The minimum atomic E-state index is -1.20. The predicted molar refractivity (Wildman–Crippen MR) is 61.9 cm³/mol. The summed E-state index contributed by atoms with van der Waals surface area (Å²) in [6, 6.07) is 9.35. The summed E-state index contributed by atoms with van der Waals surface area (Å²) < 4.78 is 26.3. The number of aliphatic hydroxyl groups is 1. The summed E-state index contributed by atoms with van der Waals surface area (Å²) in [5, 5.41) is 10.1. The molecule has 2 rings (SSSR count). The molecule has 88 valence electrons. The molecule has 1 unspecified atom stereocenters. The number of halogens is 3. The lowest BCUT2D eigenvalue weighted by atomic mass is 10.0. The zero-order valence-electron chi connectivity index (χ0n) is 8.70. The van der Waals surface area contributed by atoms with Crippen molar-refractivity contribution in [3.05, 3.63) is 70.2 Å². The molecule has 0 aromatic heterocycles. The van der Waals surface area contributed by atoms with Crippen molar-refractivity contribution in [2.75, 3.05) is 0 Å². The van der Waals surface area contributed by atoms with Crippen LogP contribution in [-0.4, -0.2) is 5.11 Å². The van der Waals surface area contributed by atoms with E-state index >= 15 is 0 Å². The fourth-order valence-corrected chi connectivity index (χ4v) is 1.85. The van der Waals surface area contributed by atoms with Gasteiger partial charge in [0, 0.05) is 10.6 Å². The van der Waals surface area contributed by atoms with Gasteiger partial charge in [0.1, 0.15) is 17.7 Å². The summed E-state index contributed by atoms with van der Waals surface area (Å²) in [5.41, 5.74) is 0.388. The standard InChI is InChI=1S/C13H9ClF2O/c14-10-2-1-3-11(16)12(10)13(17)8-4-6-9(15)7-5-8/h1-7,13,17H. The van der Waals surface area contributed by atoms with E-state index in [9.17, 15) is 13.9 Å². The lowest BCUT2D eigenvalue weighted by molar-refractivity contribution is 0.215. The fourth-order valence-electron chi connectivity index (χ4n) is 1.58. The van der Waals surface area contributed by atoms with Gasteiger partial charge in [-0.2, -0.15) is 0 Å². The summed E-state index contributed by atoms with van der Waals surface area (Å²) in [5.74, 6) is -1.00. The monoisotopic (exact) mass is 254 g/mol. The van der Waals surface area contributed by atoms with E-state index in [1.165, 1.54) is 42.5 Å². The van der Waals surface area contributed by atoms with E-state index in [4.69, 9.17) is 11.6 Å². The van der Waals surface area contributed by atoms with Gasteiger partial charge in [0.25, 0.3) is 0 Å². The van der Waals surface area contributed by atoms with Crippen LogP contribution < -0.4 is 0 Å². The first kappa shape index (κ1) is 12.0. The van der Waals surface area contributed by atoms with Crippen molar-refractivity contribution < 1.29 is 13.9 Å². The Labute approximate surface area is 102 Å². The number of benzene rings is 2. The van der Waals surface area contributed by atoms with E-state index in [0.29, 0.717) is 5.56 Å². The Hall–Kier alpha value is -1.45. The van der Waals surface area contributed by atoms with Crippen LogP contribution in [0, 0.1) is 11.6 Å². The van der Waals surface area contributed by atoms with Gasteiger partial charge < -0.3 is 5.11 Å². The Bertz CT molecular complexity index is 505. The van der Waals surface area contributed by atoms with Crippen molar-refractivity contribution in [1.29, 1.82) is 0 Å².